The van der Waals surface area contributed by atoms with Crippen molar-refractivity contribution in [2.45, 2.75) is 26.7 Å². The van der Waals surface area contributed by atoms with Gasteiger partial charge in [-0.3, -0.25) is 4.79 Å². The van der Waals surface area contributed by atoms with Crippen LogP contribution in [0.15, 0.2) is 18.2 Å². The van der Waals surface area contributed by atoms with Gasteiger partial charge in [0.05, 0.1) is 6.54 Å². The number of carbonyl (C=O) groups excluding carboxylic acids is 1. The molecule has 1 heterocycles. The van der Waals surface area contributed by atoms with Gasteiger partial charge in [0.25, 0.3) is 0 Å². The third kappa shape index (κ3) is 5.34. The van der Waals surface area contributed by atoms with Gasteiger partial charge < -0.3 is 16.0 Å². The summed E-state index contributed by atoms with van der Waals surface area (Å²) in [6.07, 6.45) is 2.07. The molecule has 1 aromatic rings. The van der Waals surface area contributed by atoms with Gasteiger partial charge in [-0.2, -0.15) is 0 Å². The van der Waals surface area contributed by atoms with E-state index in [-0.39, 0.29) is 30.7 Å². The number of para-hydroxylation sites is 1. The molecule has 1 amide bonds. The number of benzene rings is 1. The van der Waals surface area contributed by atoms with Gasteiger partial charge in [-0.25, -0.2) is 0 Å². The van der Waals surface area contributed by atoms with Crippen LogP contribution in [0.2, 0.25) is 0 Å². The maximum atomic E-state index is 12.2. The minimum Gasteiger partial charge on any atom is -0.376 e. The van der Waals surface area contributed by atoms with Crippen molar-refractivity contribution in [2.24, 2.45) is 11.7 Å². The quantitative estimate of drug-likeness (QED) is 0.880. The predicted octanol–water partition coefficient (Wildman–Crippen LogP) is 2.76. The molecule has 1 fully saturated rings. The largest absolute Gasteiger partial charge is 0.376 e. The van der Waals surface area contributed by atoms with Crippen molar-refractivity contribution >= 4 is 36.4 Å². The van der Waals surface area contributed by atoms with Gasteiger partial charge in [-0.1, -0.05) is 18.2 Å². The number of nitrogens with two attached hydrogens (primary N) is 1. The molecule has 0 atom stereocenters. The summed E-state index contributed by atoms with van der Waals surface area (Å²) in [5.74, 6) is 0.772. The van der Waals surface area contributed by atoms with Gasteiger partial charge in [0.1, 0.15) is 0 Å². The Morgan fingerprint density at radius 2 is 1.77 bits per heavy atom. The number of nitrogens with zero attached hydrogens (tertiary/aromatic N) is 1. The third-order valence-corrected chi connectivity index (χ3v) is 4.20. The van der Waals surface area contributed by atoms with E-state index in [0.29, 0.717) is 12.5 Å². The number of nitrogens with one attached hydrogen (secondary N) is 1. The molecule has 1 aliphatic heterocycles. The molecule has 0 aliphatic carbocycles. The fraction of sp³-hybridized carbons (Fsp3) is 0.562. The van der Waals surface area contributed by atoms with Gasteiger partial charge in [0, 0.05) is 18.8 Å². The summed E-state index contributed by atoms with van der Waals surface area (Å²) in [4.78, 5) is 14.2. The Morgan fingerprint density at radius 3 is 2.27 bits per heavy atom. The molecule has 4 nitrogen and oxygen atoms in total. The number of halogens is 2. The fourth-order valence-electron chi connectivity index (χ4n) is 2.79. The Morgan fingerprint density at radius 1 is 1.23 bits per heavy atom. The van der Waals surface area contributed by atoms with Crippen molar-refractivity contribution < 1.29 is 4.79 Å². The number of likely N-dealkylation sites (tertiary alicyclic amines) is 1. The minimum absolute atomic E-state index is 0. The summed E-state index contributed by atoms with van der Waals surface area (Å²) in [6, 6.07) is 6.16. The molecule has 0 saturated carbocycles. The Hall–Kier alpha value is -0.970. The van der Waals surface area contributed by atoms with Gasteiger partial charge in [0.2, 0.25) is 5.91 Å². The van der Waals surface area contributed by atoms with Gasteiger partial charge in [-0.05, 0) is 50.3 Å². The van der Waals surface area contributed by atoms with Crippen LogP contribution in [0.4, 0.5) is 5.69 Å². The first-order valence-electron chi connectivity index (χ1n) is 7.39. The number of piperidine rings is 1. The van der Waals surface area contributed by atoms with Gasteiger partial charge in [0.15, 0.2) is 0 Å². The topological polar surface area (TPSA) is 58.4 Å². The average Bonchev–Trinajstić information content (AvgIpc) is 2.46. The Labute approximate surface area is 145 Å². The zero-order chi connectivity index (χ0) is 14.5. The van der Waals surface area contributed by atoms with Gasteiger partial charge in [-0.15, -0.1) is 24.8 Å². The van der Waals surface area contributed by atoms with Crippen LogP contribution in [0.5, 0.6) is 0 Å². The second-order valence-electron chi connectivity index (χ2n) is 5.68. The number of hydrogen-bond acceptors (Lipinski definition) is 3. The van der Waals surface area contributed by atoms with E-state index in [2.05, 4.69) is 31.3 Å². The molecule has 0 radical (unpaired) electrons. The van der Waals surface area contributed by atoms with E-state index < -0.39 is 0 Å². The first kappa shape index (κ1) is 21.0. The normalized spacial score (nSPS) is 14.8. The third-order valence-electron chi connectivity index (χ3n) is 4.20. The summed E-state index contributed by atoms with van der Waals surface area (Å²) < 4.78 is 0. The maximum Gasteiger partial charge on any atom is 0.241 e. The fourth-order valence-corrected chi connectivity index (χ4v) is 2.79. The highest BCUT2D eigenvalue weighted by Gasteiger charge is 2.21. The van der Waals surface area contributed by atoms with Crippen molar-refractivity contribution in [2.75, 3.05) is 31.5 Å². The number of anilines is 1. The first-order valence-corrected chi connectivity index (χ1v) is 7.39. The highest BCUT2D eigenvalue weighted by Crippen LogP contribution is 2.20. The monoisotopic (exact) mass is 347 g/mol. The highest BCUT2D eigenvalue weighted by molar-refractivity contribution is 5.85. The van der Waals surface area contributed by atoms with Crippen LogP contribution < -0.4 is 11.1 Å². The lowest BCUT2D eigenvalue weighted by Crippen LogP contribution is -2.42. The van der Waals surface area contributed by atoms with Crippen molar-refractivity contribution in [3.8, 4) is 0 Å². The summed E-state index contributed by atoms with van der Waals surface area (Å²) in [7, 11) is 0. The molecular weight excluding hydrogens is 321 g/mol. The van der Waals surface area contributed by atoms with Crippen LogP contribution >= 0.6 is 24.8 Å². The SMILES string of the molecule is Cc1cccc(C)c1NCC(=O)N1CCC(CN)CC1.Cl.Cl. The number of hydrogen-bond donors (Lipinski definition) is 2. The van der Waals surface area contributed by atoms with Crippen molar-refractivity contribution in [3.63, 3.8) is 0 Å². The van der Waals surface area contributed by atoms with Crippen molar-refractivity contribution in [1.82, 2.24) is 4.90 Å². The molecule has 126 valence electrons. The Bertz CT molecular complexity index is 454. The van der Waals surface area contributed by atoms with Crippen LogP contribution in [-0.4, -0.2) is 37.0 Å². The second-order valence-corrected chi connectivity index (χ2v) is 5.68. The zero-order valence-corrected chi connectivity index (χ0v) is 14.9. The number of amides is 1. The molecule has 0 aromatic heterocycles. The van der Waals surface area contributed by atoms with E-state index in [4.69, 9.17) is 5.73 Å². The standard InChI is InChI=1S/C16H25N3O.2ClH/c1-12-4-3-5-13(2)16(12)18-11-15(20)19-8-6-14(10-17)7-9-19;;/h3-5,14,18H,6-11,17H2,1-2H3;2*1H. The number of carbonyl (C=O) groups is 1. The van der Waals surface area contributed by atoms with Crippen LogP contribution in [0, 0.1) is 19.8 Å². The van der Waals surface area contributed by atoms with E-state index in [9.17, 15) is 4.79 Å². The molecule has 0 bridgehead atoms. The molecule has 1 aliphatic rings. The van der Waals surface area contributed by atoms with Crippen LogP contribution in [0.3, 0.4) is 0 Å². The lowest BCUT2D eigenvalue weighted by atomic mass is 9.97. The van der Waals surface area contributed by atoms with Crippen LogP contribution in [0.25, 0.3) is 0 Å². The summed E-state index contributed by atoms with van der Waals surface area (Å²) >= 11 is 0. The molecule has 0 spiro atoms. The molecule has 1 saturated heterocycles. The second kappa shape index (κ2) is 9.93. The van der Waals surface area contributed by atoms with E-state index >= 15 is 0 Å². The first-order chi connectivity index (χ1) is 9.61. The maximum absolute atomic E-state index is 12.2. The highest BCUT2D eigenvalue weighted by atomic mass is 35.5. The minimum atomic E-state index is 0. The number of rotatable bonds is 4. The Kier molecular flexibility index (Phi) is 9.49. The number of aryl methyl sites for hydroxylation is 2. The lowest BCUT2D eigenvalue weighted by Gasteiger charge is -2.31. The summed E-state index contributed by atoms with van der Waals surface area (Å²) in [5, 5.41) is 3.29. The van der Waals surface area contributed by atoms with E-state index in [1.807, 2.05) is 11.0 Å². The van der Waals surface area contributed by atoms with Crippen LogP contribution in [-0.2, 0) is 4.79 Å². The van der Waals surface area contributed by atoms with Crippen LogP contribution in [0.1, 0.15) is 24.0 Å². The van der Waals surface area contributed by atoms with E-state index in [1.165, 1.54) is 11.1 Å². The van der Waals surface area contributed by atoms with E-state index in [1.54, 1.807) is 0 Å². The summed E-state index contributed by atoms with van der Waals surface area (Å²) in [5.41, 5.74) is 9.12. The Balaban J connectivity index is 0.00000220. The molecule has 1 aromatic carbocycles. The zero-order valence-electron chi connectivity index (χ0n) is 13.3. The van der Waals surface area contributed by atoms with E-state index in [0.717, 1.165) is 38.2 Å². The predicted molar refractivity (Wildman–Crippen MR) is 97.3 cm³/mol. The smallest absolute Gasteiger partial charge is 0.241 e. The van der Waals surface area contributed by atoms with Gasteiger partial charge >= 0.3 is 0 Å². The summed E-state index contributed by atoms with van der Waals surface area (Å²) in [6.45, 7) is 6.92. The molecular formula is C16H27Cl2N3O. The van der Waals surface area contributed by atoms with Crippen molar-refractivity contribution in [1.29, 1.82) is 0 Å². The lowest BCUT2D eigenvalue weighted by molar-refractivity contribution is -0.130. The average molecular weight is 348 g/mol. The van der Waals surface area contributed by atoms with Crippen molar-refractivity contribution in [3.05, 3.63) is 29.3 Å². The molecule has 0 unspecified atom stereocenters. The molecule has 22 heavy (non-hydrogen) atoms. The molecule has 3 N–H and O–H groups in total. The molecule has 2 rings (SSSR count). The molecule has 6 heteroatoms.